The molecular weight excluding hydrogens is 358 g/mol. The normalized spacial score (nSPS) is 9.90. The molecule has 0 heterocycles. The molecule has 0 saturated heterocycles. The van der Waals surface area contributed by atoms with Crippen LogP contribution in [-0.2, 0) is 4.79 Å². The molecule has 1 aromatic rings. The Balaban J connectivity index is 0.00000400. The molecule has 4 nitrogen and oxygen atoms in total. The van der Waals surface area contributed by atoms with Crippen molar-refractivity contribution in [3.8, 4) is 5.75 Å². The predicted molar refractivity (Wildman–Crippen MR) is 90.4 cm³/mol. The lowest BCUT2D eigenvalue weighted by Crippen LogP contribution is -2.35. The molecule has 0 radical (unpaired) electrons. The quantitative estimate of drug-likeness (QED) is 0.539. The number of ether oxygens (including phenoxy) is 1. The van der Waals surface area contributed by atoms with Crippen LogP contribution in [0.25, 0.3) is 0 Å². The molecule has 120 valence electrons. The molecule has 0 fully saturated rings. The number of hydrogen-bond donors (Lipinski definition) is 2. The summed E-state index contributed by atoms with van der Waals surface area (Å²) in [4.78, 5) is 11.5. The van der Waals surface area contributed by atoms with Gasteiger partial charge in [-0.05, 0) is 19.0 Å². The number of carbonyl (C=O) groups is 1. The summed E-state index contributed by atoms with van der Waals surface area (Å²) in [5.41, 5.74) is 0. The average Bonchev–Trinajstić information content (AvgIpc) is 2.41. The lowest BCUT2D eigenvalue weighted by molar-refractivity contribution is -0.123. The standard InChI is InChI=1S/C13H17Cl3N2O2.ClH/c1-2-3-17-4-5-18-13(19)8-20-12-7-10(15)9(14)6-11(12)16;/h6-7,17H,2-5,8H2,1H3,(H,18,19);1H. The summed E-state index contributed by atoms with van der Waals surface area (Å²) in [6, 6.07) is 2.97. The summed E-state index contributed by atoms with van der Waals surface area (Å²) in [5, 5.41) is 6.90. The minimum absolute atomic E-state index is 0. The maximum atomic E-state index is 11.5. The first-order chi connectivity index (χ1) is 9.54. The van der Waals surface area contributed by atoms with E-state index in [0.29, 0.717) is 27.4 Å². The van der Waals surface area contributed by atoms with Gasteiger partial charge < -0.3 is 15.4 Å². The van der Waals surface area contributed by atoms with Crippen LogP contribution < -0.4 is 15.4 Å². The molecule has 0 aliphatic rings. The average molecular weight is 376 g/mol. The molecule has 0 aromatic heterocycles. The summed E-state index contributed by atoms with van der Waals surface area (Å²) < 4.78 is 5.31. The number of halogens is 4. The van der Waals surface area contributed by atoms with Gasteiger partial charge in [-0.3, -0.25) is 4.79 Å². The number of amides is 1. The van der Waals surface area contributed by atoms with Gasteiger partial charge in [-0.2, -0.15) is 0 Å². The Morgan fingerprint density at radius 3 is 2.43 bits per heavy atom. The summed E-state index contributed by atoms with van der Waals surface area (Å²) in [5.74, 6) is 0.116. The third kappa shape index (κ3) is 7.98. The Hall–Kier alpha value is -0.390. The first-order valence-electron chi connectivity index (χ1n) is 6.29. The number of carbonyl (C=O) groups excluding carboxylic acids is 1. The van der Waals surface area contributed by atoms with Gasteiger partial charge in [0.1, 0.15) is 5.75 Å². The van der Waals surface area contributed by atoms with Crippen molar-refractivity contribution in [1.29, 1.82) is 0 Å². The van der Waals surface area contributed by atoms with E-state index in [-0.39, 0.29) is 24.9 Å². The van der Waals surface area contributed by atoms with E-state index in [1.165, 1.54) is 12.1 Å². The molecule has 0 unspecified atom stereocenters. The molecule has 0 aliphatic carbocycles. The predicted octanol–water partition coefficient (Wildman–Crippen LogP) is 3.56. The minimum Gasteiger partial charge on any atom is -0.482 e. The lowest BCUT2D eigenvalue weighted by Gasteiger charge is -2.10. The first-order valence-corrected chi connectivity index (χ1v) is 7.42. The third-order valence-electron chi connectivity index (χ3n) is 2.38. The lowest BCUT2D eigenvalue weighted by atomic mass is 10.3. The molecule has 1 rings (SSSR count). The summed E-state index contributed by atoms with van der Waals surface area (Å²) in [6.45, 7) is 4.18. The fourth-order valence-corrected chi connectivity index (χ4v) is 1.99. The first kappa shape index (κ1) is 20.6. The van der Waals surface area contributed by atoms with E-state index in [4.69, 9.17) is 39.5 Å². The number of nitrogens with one attached hydrogen (secondary N) is 2. The van der Waals surface area contributed by atoms with E-state index in [2.05, 4.69) is 17.6 Å². The molecule has 0 aliphatic heterocycles. The van der Waals surface area contributed by atoms with Crippen molar-refractivity contribution >= 4 is 53.1 Å². The number of rotatable bonds is 8. The van der Waals surface area contributed by atoms with E-state index in [1.807, 2.05) is 0 Å². The second kappa shape index (κ2) is 11.2. The molecule has 1 amide bonds. The van der Waals surface area contributed by atoms with E-state index >= 15 is 0 Å². The summed E-state index contributed by atoms with van der Waals surface area (Å²) in [7, 11) is 0. The van der Waals surface area contributed by atoms with Gasteiger partial charge in [-0.15, -0.1) is 12.4 Å². The summed E-state index contributed by atoms with van der Waals surface area (Å²) in [6.07, 6.45) is 1.06. The molecule has 21 heavy (non-hydrogen) atoms. The van der Waals surface area contributed by atoms with Crippen molar-refractivity contribution in [2.45, 2.75) is 13.3 Å². The van der Waals surface area contributed by atoms with Crippen LogP contribution in [0.1, 0.15) is 13.3 Å². The zero-order chi connectivity index (χ0) is 15.0. The SMILES string of the molecule is CCCNCCNC(=O)COc1cc(Cl)c(Cl)cc1Cl.Cl. The Kier molecular flexibility index (Phi) is 11.0. The van der Waals surface area contributed by atoms with Gasteiger partial charge in [-0.25, -0.2) is 0 Å². The fraction of sp³-hybridized carbons (Fsp3) is 0.462. The van der Waals surface area contributed by atoms with Gasteiger partial charge in [0.15, 0.2) is 6.61 Å². The maximum absolute atomic E-state index is 11.5. The van der Waals surface area contributed by atoms with Crippen molar-refractivity contribution in [3.05, 3.63) is 27.2 Å². The highest BCUT2D eigenvalue weighted by atomic mass is 35.5. The van der Waals surface area contributed by atoms with E-state index in [0.717, 1.165) is 19.5 Å². The number of benzene rings is 1. The van der Waals surface area contributed by atoms with Gasteiger partial charge in [0.2, 0.25) is 0 Å². The van der Waals surface area contributed by atoms with Gasteiger partial charge in [0.25, 0.3) is 5.91 Å². The fourth-order valence-electron chi connectivity index (χ4n) is 1.40. The third-order valence-corrected chi connectivity index (χ3v) is 3.40. The van der Waals surface area contributed by atoms with Gasteiger partial charge in [0, 0.05) is 19.2 Å². The molecule has 0 bridgehead atoms. The smallest absolute Gasteiger partial charge is 0.257 e. The highest BCUT2D eigenvalue weighted by Gasteiger charge is 2.09. The topological polar surface area (TPSA) is 50.4 Å². The van der Waals surface area contributed by atoms with E-state index in [9.17, 15) is 4.79 Å². The zero-order valence-electron chi connectivity index (χ0n) is 11.5. The highest BCUT2D eigenvalue weighted by Crippen LogP contribution is 2.33. The Labute approximate surface area is 145 Å². The van der Waals surface area contributed by atoms with Crippen LogP contribution in [0.3, 0.4) is 0 Å². The van der Waals surface area contributed by atoms with Crippen molar-refractivity contribution in [2.24, 2.45) is 0 Å². The van der Waals surface area contributed by atoms with Crippen LogP contribution in [0.2, 0.25) is 15.1 Å². The molecule has 0 saturated carbocycles. The number of hydrogen-bond acceptors (Lipinski definition) is 3. The van der Waals surface area contributed by atoms with Crippen LogP contribution in [0, 0.1) is 0 Å². The molecule has 0 atom stereocenters. The van der Waals surface area contributed by atoms with Crippen LogP contribution in [0.4, 0.5) is 0 Å². The second-order valence-corrected chi connectivity index (χ2v) is 5.31. The van der Waals surface area contributed by atoms with Gasteiger partial charge in [-0.1, -0.05) is 41.7 Å². The molecule has 0 spiro atoms. The Bertz CT molecular complexity index is 458. The second-order valence-electron chi connectivity index (χ2n) is 4.09. The van der Waals surface area contributed by atoms with Crippen molar-refractivity contribution in [2.75, 3.05) is 26.2 Å². The summed E-state index contributed by atoms with van der Waals surface area (Å²) >= 11 is 17.6. The minimum atomic E-state index is -0.217. The molecule has 1 aromatic carbocycles. The molecule has 8 heteroatoms. The molecule has 2 N–H and O–H groups in total. The van der Waals surface area contributed by atoms with Gasteiger partial charge in [0.05, 0.1) is 15.1 Å². The van der Waals surface area contributed by atoms with Crippen LogP contribution in [-0.4, -0.2) is 32.1 Å². The Morgan fingerprint density at radius 2 is 1.76 bits per heavy atom. The van der Waals surface area contributed by atoms with E-state index in [1.54, 1.807) is 0 Å². The zero-order valence-corrected chi connectivity index (χ0v) is 14.6. The van der Waals surface area contributed by atoms with Crippen molar-refractivity contribution in [1.82, 2.24) is 10.6 Å². The monoisotopic (exact) mass is 374 g/mol. The highest BCUT2D eigenvalue weighted by molar-refractivity contribution is 6.43. The largest absolute Gasteiger partial charge is 0.482 e. The Morgan fingerprint density at radius 1 is 1.10 bits per heavy atom. The maximum Gasteiger partial charge on any atom is 0.257 e. The molecular formula is C13H18Cl4N2O2. The van der Waals surface area contributed by atoms with Crippen LogP contribution >= 0.6 is 47.2 Å². The van der Waals surface area contributed by atoms with Crippen molar-refractivity contribution < 1.29 is 9.53 Å². The van der Waals surface area contributed by atoms with E-state index < -0.39 is 0 Å². The van der Waals surface area contributed by atoms with Gasteiger partial charge >= 0.3 is 0 Å². The van der Waals surface area contributed by atoms with Crippen LogP contribution in [0.5, 0.6) is 5.75 Å². The van der Waals surface area contributed by atoms with Crippen molar-refractivity contribution in [3.63, 3.8) is 0 Å². The van der Waals surface area contributed by atoms with Crippen LogP contribution in [0.15, 0.2) is 12.1 Å².